The van der Waals surface area contributed by atoms with E-state index < -0.39 is 0 Å². The van der Waals surface area contributed by atoms with Gasteiger partial charge in [-0.3, -0.25) is 4.79 Å². The maximum absolute atomic E-state index is 12.6. The minimum Gasteiger partial charge on any atom is -0.486 e. The molecular formula is C14H19ClN2O3. The summed E-state index contributed by atoms with van der Waals surface area (Å²) >= 11 is 0. The summed E-state index contributed by atoms with van der Waals surface area (Å²) < 4.78 is 11.1. The lowest BCUT2D eigenvalue weighted by atomic mass is 10.1. The summed E-state index contributed by atoms with van der Waals surface area (Å²) in [5.74, 6) is 1.28. The van der Waals surface area contributed by atoms with E-state index >= 15 is 0 Å². The highest BCUT2D eigenvalue weighted by atomic mass is 35.5. The van der Waals surface area contributed by atoms with Gasteiger partial charge in [-0.1, -0.05) is 6.07 Å². The molecule has 5 nitrogen and oxygen atoms in total. The van der Waals surface area contributed by atoms with Crippen LogP contribution in [0.1, 0.15) is 17.3 Å². The Bertz CT molecular complexity index is 495. The third-order valence-electron chi connectivity index (χ3n) is 3.45. The van der Waals surface area contributed by atoms with Crippen molar-refractivity contribution in [3.63, 3.8) is 0 Å². The van der Waals surface area contributed by atoms with Gasteiger partial charge in [-0.25, -0.2) is 0 Å². The zero-order valence-electron chi connectivity index (χ0n) is 11.4. The highest BCUT2D eigenvalue weighted by Crippen LogP contribution is 2.34. The molecule has 0 spiro atoms. The molecule has 1 atom stereocenters. The fraction of sp³-hybridized carbons (Fsp3) is 0.500. The predicted molar refractivity (Wildman–Crippen MR) is 78.0 cm³/mol. The molecule has 1 fully saturated rings. The molecule has 3 rings (SSSR count). The average Bonchev–Trinajstić information content (AvgIpc) is 2.46. The van der Waals surface area contributed by atoms with Crippen molar-refractivity contribution in [1.82, 2.24) is 10.2 Å². The molecule has 1 aromatic rings. The molecule has 1 N–H and O–H groups in total. The van der Waals surface area contributed by atoms with E-state index in [1.165, 1.54) is 0 Å². The van der Waals surface area contributed by atoms with Gasteiger partial charge in [0.25, 0.3) is 5.91 Å². The van der Waals surface area contributed by atoms with Crippen molar-refractivity contribution in [3.8, 4) is 11.5 Å². The Hall–Kier alpha value is -1.46. The number of benzene rings is 1. The van der Waals surface area contributed by atoms with Crippen molar-refractivity contribution in [2.75, 3.05) is 32.8 Å². The molecule has 1 unspecified atom stereocenters. The van der Waals surface area contributed by atoms with Crippen LogP contribution in [-0.4, -0.2) is 49.7 Å². The SMILES string of the molecule is CC1CN(C(=O)c2cccc3c2OCCO3)CCN1.Cl. The Morgan fingerprint density at radius 2 is 2.15 bits per heavy atom. The molecule has 0 aliphatic carbocycles. The van der Waals surface area contributed by atoms with E-state index in [1.54, 1.807) is 0 Å². The summed E-state index contributed by atoms with van der Waals surface area (Å²) in [6.45, 7) is 5.40. The van der Waals surface area contributed by atoms with Gasteiger partial charge in [-0.15, -0.1) is 12.4 Å². The van der Waals surface area contributed by atoms with Crippen LogP contribution >= 0.6 is 12.4 Å². The molecule has 0 radical (unpaired) electrons. The van der Waals surface area contributed by atoms with Crippen molar-refractivity contribution in [3.05, 3.63) is 23.8 Å². The van der Waals surface area contributed by atoms with Crippen LogP contribution in [0.5, 0.6) is 11.5 Å². The van der Waals surface area contributed by atoms with Crippen LogP contribution in [0.25, 0.3) is 0 Å². The van der Waals surface area contributed by atoms with Crippen LogP contribution in [0, 0.1) is 0 Å². The van der Waals surface area contributed by atoms with Gasteiger partial charge in [0.2, 0.25) is 0 Å². The summed E-state index contributed by atoms with van der Waals surface area (Å²) in [7, 11) is 0. The van der Waals surface area contributed by atoms with Crippen molar-refractivity contribution >= 4 is 18.3 Å². The Balaban J connectivity index is 0.00000147. The van der Waals surface area contributed by atoms with Crippen LogP contribution < -0.4 is 14.8 Å². The second-order valence-corrected chi connectivity index (χ2v) is 4.94. The number of carbonyl (C=O) groups excluding carboxylic acids is 1. The maximum Gasteiger partial charge on any atom is 0.257 e. The Morgan fingerprint density at radius 3 is 2.95 bits per heavy atom. The van der Waals surface area contributed by atoms with Crippen molar-refractivity contribution in [2.45, 2.75) is 13.0 Å². The predicted octanol–water partition coefficient (Wildman–Crippen LogP) is 1.31. The Kier molecular flexibility index (Phi) is 4.73. The lowest BCUT2D eigenvalue weighted by Gasteiger charge is -2.32. The first-order chi connectivity index (χ1) is 9.25. The number of halogens is 1. The highest BCUT2D eigenvalue weighted by Gasteiger charge is 2.26. The minimum atomic E-state index is 0. The average molecular weight is 299 g/mol. The third-order valence-corrected chi connectivity index (χ3v) is 3.45. The van der Waals surface area contributed by atoms with Crippen LogP contribution in [0.4, 0.5) is 0 Å². The molecule has 0 aromatic heterocycles. The minimum absolute atomic E-state index is 0. The standard InChI is InChI=1S/C14H18N2O3.ClH/c1-10-9-16(6-5-15-10)14(17)11-3-2-4-12-13(11)19-8-7-18-12;/h2-4,10,15H,5-9H2,1H3;1H. The van der Waals surface area contributed by atoms with E-state index in [4.69, 9.17) is 9.47 Å². The molecule has 1 amide bonds. The van der Waals surface area contributed by atoms with E-state index in [1.807, 2.05) is 23.1 Å². The molecule has 1 saturated heterocycles. The fourth-order valence-electron chi connectivity index (χ4n) is 2.53. The Morgan fingerprint density at radius 1 is 1.35 bits per heavy atom. The molecular weight excluding hydrogens is 280 g/mol. The summed E-state index contributed by atoms with van der Waals surface area (Å²) in [4.78, 5) is 14.4. The first kappa shape index (κ1) is 14.9. The number of piperazine rings is 1. The van der Waals surface area contributed by atoms with E-state index in [0.29, 0.717) is 36.3 Å². The van der Waals surface area contributed by atoms with Crippen LogP contribution in [-0.2, 0) is 0 Å². The summed E-state index contributed by atoms with van der Waals surface area (Å²) in [6, 6.07) is 5.81. The molecule has 110 valence electrons. The number of fused-ring (bicyclic) bond motifs is 1. The zero-order valence-corrected chi connectivity index (χ0v) is 12.2. The van der Waals surface area contributed by atoms with Gasteiger partial charge in [0, 0.05) is 25.7 Å². The molecule has 0 saturated carbocycles. The number of ether oxygens (including phenoxy) is 2. The van der Waals surface area contributed by atoms with Gasteiger partial charge < -0.3 is 19.7 Å². The molecule has 6 heteroatoms. The monoisotopic (exact) mass is 298 g/mol. The summed E-state index contributed by atoms with van der Waals surface area (Å²) in [6.07, 6.45) is 0. The number of para-hydroxylation sites is 1. The summed E-state index contributed by atoms with van der Waals surface area (Å²) in [5.41, 5.74) is 0.603. The van der Waals surface area contributed by atoms with Crippen LogP contribution in [0.3, 0.4) is 0 Å². The van der Waals surface area contributed by atoms with Gasteiger partial charge >= 0.3 is 0 Å². The van der Waals surface area contributed by atoms with Gasteiger partial charge in [0.15, 0.2) is 11.5 Å². The number of amides is 1. The maximum atomic E-state index is 12.6. The molecule has 2 aliphatic rings. The number of hydrogen-bond acceptors (Lipinski definition) is 4. The highest BCUT2D eigenvalue weighted by molar-refractivity contribution is 5.98. The van der Waals surface area contributed by atoms with Gasteiger partial charge in [0.1, 0.15) is 13.2 Å². The van der Waals surface area contributed by atoms with Gasteiger partial charge in [0.05, 0.1) is 5.56 Å². The van der Waals surface area contributed by atoms with E-state index in [2.05, 4.69) is 12.2 Å². The van der Waals surface area contributed by atoms with Crippen LogP contribution in [0.2, 0.25) is 0 Å². The third kappa shape index (κ3) is 2.83. The molecule has 0 bridgehead atoms. The largest absolute Gasteiger partial charge is 0.486 e. The van der Waals surface area contributed by atoms with Gasteiger partial charge in [-0.05, 0) is 19.1 Å². The summed E-state index contributed by atoms with van der Waals surface area (Å²) in [5, 5.41) is 3.33. The molecule has 20 heavy (non-hydrogen) atoms. The lowest BCUT2D eigenvalue weighted by molar-refractivity contribution is 0.0699. The first-order valence-electron chi connectivity index (χ1n) is 6.67. The molecule has 2 heterocycles. The second-order valence-electron chi connectivity index (χ2n) is 4.94. The number of hydrogen-bond donors (Lipinski definition) is 1. The van der Waals surface area contributed by atoms with Crippen molar-refractivity contribution in [1.29, 1.82) is 0 Å². The van der Waals surface area contributed by atoms with E-state index in [0.717, 1.165) is 19.6 Å². The lowest BCUT2D eigenvalue weighted by Crippen LogP contribution is -2.51. The van der Waals surface area contributed by atoms with Crippen molar-refractivity contribution < 1.29 is 14.3 Å². The second kappa shape index (κ2) is 6.33. The first-order valence-corrected chi connectivity index (χ1v) is 6.67. The number of nitrogens with one attached hydrogen (secondary N) is 1. The number of nitrogens with zero attached hydrogens (tertiary/aromatic N) is 1. The molecule has 2 aliphatic heterocycles. The zero-order chi connectivity index (χ0) is 13.2. The Labute approximate surface area is 124 Å². The number of rotatable bonds is 1. The quantitative estimate of drug-likeness (QED) is 0.849. The van der Waals surface area contributed by atoms with E-state index in [-0.39, 0.29) is 18.3 Å². The van der Waals surface area contributed by atoms with Crippen molar-refractivity contribution in [2.24, 2.45) is 0 Å². The van der Waals surface area contributed by atoms with E-state index in [9.17, 15) is 4.79 Å². The van der Waals surface area contributed by atoms with Gasteiger partial charge in [-0.2, -0.15) is 0 Å². The smallest absolute Gasteiger partial charge is 0.257 e. The fourth-order valence-corrected chi connectivity index (χ4v) is 2.53. The van der Waals surface area contributed by atoms with Crippen LogP contribution in [0.15, 0.2) is 18.2 Å². The molecule has 1 aromatic carbocycles. The number of carbonyl (C=O) groups is 1. The normalized spacial score (nSPS) is 21.1. The topological polar surface area (TPSA) is 50.8 Å².